The number of hydrazine groups is 1. The lowest BCUT2D eigenvalue weighted by Crippen LogP contribution is -2.58. The number of aldehydes is 2. The van der Waals surface area contributed by atoms with Crippen LogP contribution in [0.15, 0.2) is 73.4 Å². The number of fused-ring (bicyclic) bond motifs is 2. The third-order valence-electron chi connectivity index (χ3n) is 13.5. The Labute approximate surface area is 415 Å². The van der Waals surface area contributed by atoms with Crippen molar-refractivity contribution in [3.05, 3.63) is 90.3 Å². The molecule has 0 aliphatic carbocycles. The third-order valence-corrected chi connectivity index (χ3v) is 13.5. The van der Waals surface area contributed by atoms with Crippen LogP contribution in [0.3, 0.4) is 0 Å². The fourth-order valence-corrected chi connectivity index (χ4v) is 10.2. The lowest BCUT2D eigenvalue weighted by Gasteiger charge is -2.33. The number of carbonyl (C=O) groups excluding carboxylic acids is 5. The Morgan fingerprint density at radius 1 is 1.06 bits per heavy atom. The van der Waals surface area contributed by atoms with Gasteiger partial charge in [-0.1, -0.05) is 64.6 Å². The van der Waals surface area contributed by atoms with Gasteiger partial charge < -0.3 is 28.9 Å². The Morgan fingerprint density at radius 3 is 2.43 bits per heavy atom. The number of aryl methyl sites for hydroxylation is 1. The maximum absolute atomic E-state index is 14.0. The Morgan fingerprint density at radius 2 is 1.80 bits per heavy atom. The van der Waals surface area contributed by atoms with Gasteiger partial charge in [0.05, 0.1) is 42.2 Å². The average Bonchev–Trinajstić information content (AvgIpc) is 4.06. The van der Waals surface area contributed by atoms with E-state index in [4.69, 9.17) is 24.0 Å². The summed E-state index contributed by atoms with van der Waals surface area (Å²) in [4.78, 5) is 67.5. The van der Waals surface area contributed by atoms with Crippen LogP contribution in [0, 0.1) is 17.3 Å². The molecule has 0 bridgehead atoms. The standard InChI is InChI=1S/C44H60N6O5.C8H13NO2.C3H4O/c1-10-49-38-19-18-33(25-35(38)36(26-44(5,6)27-55-28-51)41(49)34-17-14-20-45-39(34)30(4)54-9)32-16-13-15-31(23-32)24-37(43(53)50-22-12-11-21-46-50)47-42(52)40(29(2)3)48(7)8;1-9-4-6(5-10)8-7(9)2-3-11-8;1-2-3-4/h13-20,23,25,28-30,37,40,46H,10-12,21-22,24,26-27H2,1-9H3,(H,47,52);5-8H,2-4H2,1H3;2-3H,1H2. The number of ether oxygens (including phenoxy) is 3. The van der Waals surface area contributed by atoms with E-state index in [1.54, 1.807) is 18.3 Å². The van der Waals surface area contributed by atoms with E-state index in [0.29, 0.717) is 38.2 Å². The molecule has 70 heavy (non-hydrogen) atoms. The number of nitrogens with one attached hydrogen (secondary N) is 2. The Balaban J connectivity index is 0.000000516. The van der Waals surface area contributed by atoms with Crippen LogP contribution in [-0.2, 0) is 57.6 Å². The van der Waals surface area contributed by atoms with E-state index in [1.165, 1.54) is 6.08 Å². The molecule has 0 radical (unpaired) electrons. The van der Waals surface area contributed by atoms with Crippen LogP contribution >= 0.6 is 0 Å². The molecule has 0 saturated carbocycles. The Kier molecular flexibility index (Phi) is 20.6. The number of allylic oxidation sites excluding steroid dienone is 1. The number of rotatable bonds is 19. The Bertz CT molecular complexity index is 2380. The van der Waals surface area contributed by atoms with E-state index in [1.807, 2.05) is 58.0 Å². The number of pyridine rings is 1. The zero-order chi connectivity index (χ0) is 51.1. The molecule has 4 aromatic rings. The van der Waals surface area contributed by atoms with Crippen LogP contribution in [-0.4, -0.2) is 141 Å². The first-order valence-electron chi connectivity index (χ1n) is 24.7. The molecule has 3 aliphatic heterocycles. The average molecular weight is 964 g/mol. The molecule has 380 valence electrons. The van der Waals surface area contributed by atoms with Gasteiger partial charge in [-0.2, -0.15) is 0 Å². The van der Waals surface area contributed by atoms with Crippen molar-refractivity contribution in [3.63, 3.8) is 0 Å². The topological polar surface area (TPSA) is 165 Å². The van der Waals surface area contributed by atoms with Crippen molar-refractivity contribution in [2.24, 2.45) is 17.3 Å². The lowest BCUT2D eigenvalue weighted by atomic mass is 9.84. The predicted octanol–water partition coefficient (Wildman–Crippen LogP) is 6.86. The van der Waals surface area contributed by atoms with Crippen molar-refractivity contribution in [2.45, 2.75) is 111 Å². The van der Waals surface area contributed by atoms with E-state index in [0.717, 1.165) is 102 Å². The molecule has 2 aromatic carbocycles. The minimum absolute atomic E-state index is 0.0707. The minimum Gasteiger partial charge on any atom is -0.467 e. The van der Waals surface area contributed by atoms with Crippen LogP contribution in [0.4, 0.5) is 0 Å². The van der Waals surface area contributed by atoms with Crippen molar-refractivity contribution in [1.82, 2.24) is 35.1 Å². The van der Waals surface area contributed by atoms with Gasteiger partial charge in [-0.25, -0.2) is 5.43 Å². The molecule has 6 unspecified atom stereocenters. The number of carbonyl (C=O) groups is 5. The van der Waals surface area contributed by atoms with Gasteiger partial charge in [0.15, 0.2) is 0 Å². The number of benzene rings is 2. The summed E-state index contributed by atoms with van der Waals surface area (Å²) in [6, 6.07) is 18.3. The summed E-state index contributed by atoms with van der Waals surface area (Å²) in [6.45, 7) is 20.1. The molecule has 2 aromatic heterocycles. The minimum atomic E-state index is -0.733. The molecule has 15 heteroatoms. The molecule has 15 nitrogen and oxygen atoms in total. The second-order valence-corrected chi connectivity index (χ2v) is 19.9. The molecule has 7 rings (SSSR count). The molecule has 2 amide bonds. The van der Waals surface area contributed by atoms with Gasteiger partial charge in [-0.3, -0.25) is 39.0 Å². The summed E-state index contributed by atoms with van der Waals surface area (Å²) in [6.07, 6.45) is 8.66. The van der Waals surface area contributed by atoms with Gasteiger partial charge in [0, 0.05) is 80.4 Å². The number of nitrogens with zero attached hydrogens (tertiary/aromatic N) is 5. The first kappa shape index (κ1) is 55.3. The van der Waals surface area contributed by atoms with E-state index in [9.17, 15) is 19.2 Å². The van der Waals surface area contributed by atoms with Crippen molar-refractivity contribution in [3.8, 4) is 22.4 Å². The summed E-state index contributed by atoms with van der Waals surface area (Å²) in [7, 11) is 7.55. The van der Waals surface area contributed by atoms with Gasteiger partial charge in [0.1, 0.15) is 18.6 Å². The molecule has 0 spiro atoms. The second kappa shape index (κ2) is 26.0. The van der Waals surface area contributed by atoms with Gasteiger partial charge >= 0.3 is 0 Å². The van der Waals surface area contributed by atoms with Gasteiger partial charge in [-0.05, 0) is 119 Å². The zero-order valence-corrected chi connectivity index (χ0v) is 43.1. The number of methoxy groups -OCH3 is 1. The summed E-state index contributed by atoms with van der Waals surface area (Å²) in [5.41, 5.74) is 11.1. The number of aromatic nitrogens is 2. The number of likely N-dealkylation sites (N-methyl/N-ethyl adjacent to an activating group) is 2. The van der Waals surface area contributed by atoms with Crippen molar-refractivity contribution >= 4 is 41.8 Å². The maximum Gasteiger partial charge on any atom is 0.293 e. The highest BCUT2D eigenvalue weighted by Gasteiger charge is 2.43. The van der Waals surface area contributed by atoms with Crippen molar-refractivity contribution in [1.29, 1.82) is 0 Å². The summed E-state index contributed by atoms with van der Waals surface area (Å²) in [5, 5.41) is 5.92. The predicted molar refractivity (Wildman–Crippen MR) is 275 cm³/mol. The van der Waals surface area contributed by atoms with Crippen LogP contribution in [0.5, 0.6) is 0 Å². The van der Waals surface area contributed by atoms with Gasteiger partial charge in [-0.15, -0.1) is 0 Å². The largest absolute Gasteiger partial charge is 0.467 e. The highest BCUT2D eigenvalue weighted by molar-refractivity contribution is 5.95. The molecular weight excluding hydrogens is 887 g/mol. The molecule has 5 heterocycles. The van der Waals surface area contributed by atoms with Crippen molar-refractivity contribution in [2.75, 3.05) is 61.1 Å². The van der Waals surface area contributed by atoms with E-state index in [2.05, 4.69) is 91.0 Å². The number of hydrogen-bond donors (Lipinski definition) is 2. The van der Waals surface area contributed by atoms with Gasteiger partial charge in [0.2, 0.25) is 5.91 Å². The molecule has 3 aliphatic rings. The van der Waals surface area contributed by atoms with Crippen LogP contribution in [0.1, 0.15) is 83.7 Å². The van der Waals surface area contributed by atoms with Crippen LogP contribution in [0.25, 0.3) is 33.3 Å². The van der Waals surface area contributed by atoms with Gasteiger partial charge in [0.25, 0.3) is 12.4 Å². The van der Waals surface area contributed by atoms with E-state index in [-0.39, 0.29) is 53.9 Å². The molecule has 2 N–H and O–H groups in total. The number of amides is 2. The zero-order valence-electron chi connectivity index (χ0n) is 43.1. The van der Waals surface area contributed by atoms with E-state index < -0.39 is 6.04 Å². The highest BCUT2D eigenvalue weighted by atomic mass is 16.5. The smallest absolute Gasteiger partial charge is 0.293 e. The first-order chi connectivity index (χ1) is 33.5. The first-order valence-corrected chi connectivity index (χ1v) is 24.7. The number of likely N-dealkylation sites (tertiary alicyclic amines) is 1. The monoisotopic (exact) mass is 964 g/mol. The SMILES string of the molecule is C=CC=O.CCn1c(-c2cccnc2C(C)OC)c(CC(C)(C)COC=O)c2cc(-c3cccc(CC(NC(=O)C(C(C)C)N(C)C)C(=O)N4CCCCN4)c3)ccc21.CN1CC(C=O)C2OCCC21. The quantitative estimate of drug-likeness (QED) is 0.0743. The molecule has 3 fully saturated rings. The second-order valence-electron chi connectivity index (χ2n) is 19.9. The fraction of sp³-hybridized carbons (Fsp3) is 0.527. The van der Waals surface area contributed by atoms with Crippen LogP contribution in [0.2, 0.25) is 0 Å². The normalized spacial score (nSPS) is 19.3. The maximum atomic E-state index is 14.0. The third kappa shape index (κ3) is 13.6. The molecule has 3 saturated heterocycles. The lowest BCUT2D eigenvalue weighted by molar-refractivity contribution is -0.141. The molecule has 6 atom stereocenters. The van der Waals surface area contributed by atoms with Crippen LogP contribution < -0.4 is 10.7 Å². The van der Waals surface area contributed by atoms with E-state index >= 15 is 0 Å². The number of hydrogen-bond acceptors (Lipinski definition) is 12. The fourth-order valence-electron chi connectivity index (χ4n) is 10.2. The summed E-state index contributed by atoms with van der Waals surface area (Å²) >= 11 is 0. The van der Waals surface area contributed by atoms with Crippen molar-refractivity contribution < 1.29 is 38.2 Å². The summed E-state index contributed by atoms with van der Waals surface area (Å²) < 4.78 is 18.9. The highest BCUT2D eigenvalue weighted by Crippen LogP contribution is 2.42. The molecular formula is C55H77N7O8. The summed E-state index contributed by atoms with van der Waals surface area (Å²) in [5.74, 6) is -0.0920. The Hall–Kier alpha value is -5.58.